The van der Waals surface area contributed by atoms with E-state index in [4.69, 9.17) is 5.73 Å². The molecule has 0 bridgehead atoms. The van der Waals surface area contributed by atoms with Crippen LogP contribution in [0.5, 0.6) is 0 Å². The molecule has 0 amide bonds. The SMILES string of the molecule is CCC(C)CC1(CN)CC2CC2C1. The van der Waals surface area contributed by atoms with E-state index in [-0.39, 0.29) is 0 Å². The lowest BCUT2D eigenvalue weighted by molar-refractivity contribution is 0.210. The molecule has 0 radical (unpaired) electrons. The molecule has 0 aromatic rings. The molecule has 0 aromatic carbocycles. The Morgan fingerprint density at radius 3 is 2.46 bits per heavy atom. The van der Waals surface area contributed by atoms with Crippen LogP contribution in [0.25, 0.3) is 0 Å². The lowest BCUT2D eigenvalue weighted by Gasteiger charge is -2.32. The van der Waals surface area contributed by atoms with Crippen molar-refractivity contribution in [3.05, 3.63) is 0 Å². The highest BCUT2D eigenvalue weighted by atomic mass is 14.7. The summed E-state index contributed by atoms with van der Waals surface area (Å²) in [6, 6.07) is 0. The summed E-state index contributed by atoms with van der Waals surface area (Å²) in [4.78, 5) is 0. The van der Waals surface area contributed by atoms with Crippen molar-refractivity contribution >= 4 is 0 Å². The fraction of sp³-hybridized carbons (Fsp3) is 1.00. The average molecular weight is 181 g/mol. The van der Waals surface area contributed by atoms with E-state index in [0.29, 0.717) is 5.41 Å². The van der Waals surface area contributed by atoms with Crippen molar-refractivity contribution in [1.82, 2.24) is 0 Å². The molecular weight excluding hydrogens is 158 g/mol. The second kappa shape index (κ2) is 3.27. The van der Waals surface area contributed by atoms with E-state index in [1.807, 2.05) is 0 Å². The van der Waals surface area contributed by atoms with Gasteiger partial charge in [-0.2, -0.15) is 0 Å². The molecule has 2 fully saturated rings. The van der Waals surface area contributed by atoms with Crippen LogP contribution in [0.3, 0.4) is 0 Å². The fourth-order valence-corrected chi connectivity index (χ4v) is 3.31. The van der Waals surface area contributed by atoms with Crippen LogP contribution >= 0.6 is 0 Å². The molecule has 76 valence electrons. The van der Waals surface area contributed by atoms with Gasteiger partial charge in [-0.15, -0.1) is 0 Å². The van der Waals surface area contributed by atoms with Gasteiger partial charge in [-0.3, -0.25) is 0 Å². The molecule has 0 heterocycles. The van der Waals surface area contributed by atoms with Crippen LogP contribution in [0.4, 0.5) is 0 Å². The number of nitrogens with two attached hydrogens (primary N) is 1. The molecule has 13 heavy (non-hydrogen) atoms. The van der Waals surface area contributed by atoms with Gasteiger partial charge in [0.2, 0.25) is 0 Å². The van der Waals surface area contributed by atoms with Gasteiger partial charge in [0.05, 0.1) is 0 Å². The van der Waals surface area contributed by atoms with Crippen molar-refractivity contribution < 1.29 is 0 Å². The standard InChI is InChI=1S/C12H23N/c1-3-9(2)5-12(8-13)6-10-4-11(10)7-12/h9-11H,3-8,13H2,1-2H3. The smallest absolute Gasteiger partial charge is 0.00202 e. The molecule has 1 heteroatoms. The van der Waals surface area contributed by atoms with Crippen LogP contribution in [0.2, 0.25) is 0 Å². The lowest BCUT2D eigenvalue weighted by atomic mass is 9.75. The summed E-state index contributed by atoms with van der Waals surface area (Å²) in [6.07, 6.45) is 7.10. The number of hydrogen-bond donors (Lipinski definition) is 1. The first-order valence-electron chi connectivity index (χ1n) is 5.89. The highest BCUT2D eigenvalue weighted by Gasteiger charge is 2.52. The van der Waals surface area contributed by atoms with Gasteiger partial charge < -0.3 is 5.73 Å². The zero-order valence-corrected chi connectivity index (χ0v) is 9.05. The third kappa shape index (κ3) is 1.76. The predicted molar refractivity (Wildman–Crippen MR) is 56.4 cm³/mol. The topological polar surface area (TPSA) is 26.0 Å². The van der Waals surface area contributed by atoms with E-state index in [2.05, 4.69) is 13.8 Å². The molecule has 2 aliphatic rings. The Hall–Kier alpha value is -0.0400. The molecule has 0 spiro atoms. The highest BCUT2D eigenvalue weighted by Crippen LogP contribution is 2.61. The maximum atomic E-state index is 5.95. The summed E-state index contributed by atoms with van der Waals surface area (Å²) in [5.41, 5.74) is 6.51. The molecule has 3 unspecified atom stereocenters. The maximum Gasteiger partial charge on any atom is -0.00202 e. The van der Waals surface area contributed by atoms with Crippen molar-refractivity contribution in [2.75, 3.05) is 6.54 Å². The maximum absolute atomic E-state index is 5.95. The van der Waals surface area contributed by atoms with Crippen LogP contribution in [-0.2, 0) is 0 Å². The normalized spacial score (nSPS) is 44.5. The van der Waals surface area contributed by atoms with Gasteiger partial charge in [0, 0.05) is 0 Å². The summed E-state index contributed by atoms with van der Waals surface area (Å²) in [5.74, 6) is 3.03. The quantitative estimate of drug-likeness (QED) is 0.709. The predicted octanol–water partition coefficient (Wildman–Crippen LogP) is 2.80. The van der Waals surface area contributed by atoms with Gasteiger partial charge in [0.15, 0.2) is 0 Å². The Morgan fingerprint density at radius 1 is 1.38 bits per heavy atom. The van der Waals surface area contributed by atoms with Crippen molar-refractivity contribution in [2.24, 2.45) is 28.9 Å². The van der Waals surface area contributed by atoms with Gasteiger partial charge in [-0.05, 0) is 55.4 Å². The minimum Gasteiger partial charge on any atom is -0.330 e. The van der Waals surface area contributed by atoms with E-state index >= 15 is 0 Å². The second-order valence-corrected chi connectivity index (χ2v) is 5.59. The number of rotatable bonds is 4. The molecule has 2 aliphatic carbocycles. The summed E-state index contributed by atoms with van der Waals surface area (Å²) < 4.78 is 0. The summed E-state index contributed by atoms with van der Waals surface area (Å²) in [6.45, 7) is 5.61. The van der Waals surface area contributed by atoms with E-state index < -0.39 is 0 Å². The fourth-order valence-electron chi connectivity index (χ4n) is 3.31. The first kappa shape index (κ1) is 9.51. The zero-order valence-electron chi connectivity index (χ0n) is 9.05. The van der Waals surface area contributed by atoms with E-state index in [9.17, 15) is 0 Å². The van der Waals surface area contributed by atoms with Crippen LogP contribution in [-0.4, -0.2) is 6.54 Å². The first-order valence-corrected chi connectivity index (χ1v) is 5.89. The lowest BCUT2D eigenvalue weighted by Crippen LogP contribution is -2.30. The third-order valence-electron chi connectivity index (χ3n) is 4.37. The molecule has 2 rings (SSSR count). The van der Waals surface area contributed by atoms with Crippen LogP contribution < -0.4 is 5.73 Å². The largest absolute Gasteiger partial charge is 0.330 e. The third-order valence-corrected chi connectivity index (χ3v) is 4.37. The Labute approximate surface area is 82.1 Å². The summed E-state index contributed by atoms with van der Waals surface area (Å²) in [5, 5.41) is 0. The van der Waals surface area contributed by atoms with Gasteiger partial charge in [0.1, 0.15) is 0 Å². The van der Waals surface area contributed by atoms with Crippen LogP contribution in [0.15, 0.2) is 0 Å². The van der Waals surface area contributed by atoms with Crippen molar-refractivity contribution in [2.45, 2.75) is 46.0 Å². The number of hydrogen-bond acceptors (Lipinski definition) is 1. The molecule has 0 saturated heterocycles. The molecule has 0 aliphatic heterocycles. The Kier molecular flexibility index (Phi) is 2.39. The monoisotopic (exact) mass is 181 g/mol. The Morgan fingerprint density at radius 2 is 2.00 bits per heavy atom. The molecule has 2 N–H and O–H groups in total. The average Bonchev–Trinajstić information content (AvgIpc) is 2.75. The summed E-state index contributed by atoms with van der Waals surface area (Å²) in [7, 11) is 0. The Bertz CT molecular complexity index is 178. The van der Waals surface area contributed by atoms with Crippen molar-refractivity contribution in [1.29, 1.82) is 0 Å². The van der Waals surface area contributed by atoms with E-state index in [1.54, 1.807) is 0 Å². The second-order valence-electron chi connectivity index (χ2n) is 5.59. The van der Waals surface area contributed by atoms with Crippen molar-refractivity contribution in [3.63, 3.8) is 0 Å². The van der Waals surface area contributed by atoms with Crippen molar-refractivity contribution in [3.8, 4) is 0 Å². The minimum absolute atomic E-state index is 0.559. The summed E-state index contributed by atoms with van der Waals surface area (Å²) >= 11 is 0. The molecule has 2 saturated carbocycles. The minimum atomic E-state index is 0.559. The first-order chi connectivity index (χ1) is 6.19. The Balaban J connectivity index is 1.92. The molecule has 1 nitrogen and oxygen atoms in total. The van der Waals surface area contributed by atoms with Gasteiger partial charge >= 0.3 is 0 Å². The van der Waals surface area contributed by atoms with Crippen LogP contribution in [0, 0.1) is 23.2 Å². The highest BCUT2D eigenvalue weighted by molar-refractivity contribution is 5.03. The molecule has 0 aromatic heterocycles. The van der Waals surface area contributed by atoms with Gasteiger partial charge in [-0.25, -0.2) is 0 Å². The van der Waals surface area contributed by atoms with Crippen LogP contribution in [0.1, 0.15) is 46.0 Å². The van der Waals surface area contributed by atoms with E-state index in [1.165, 1.54) is 32.1 Å². The van der Waals surface area contributed by atoms with Gasteiger partial charge in [0.25, 0.3) is 0 Å². The molecular formula is C12H23N. The molecule has 3 atom stereocenters. The zero-order chi connectivity index (χ0) is 9.47. The number of fused-ring (bicyclic) bond motifs is 1. The van der Waals surface area contributed by atoms with Gasteiger partial charge in [-0.1, -0.05) is 20.3 Å². The van der Waals surface area contributed by atoms with E-state index in [0.717, 1.165) is 24.3 Å².